The number of hydrogen-bond acceptors (Lipinski definition) is 3. The first kappa shape index (κ1) is 24.0. The van der Waals surface area contributed by atoms with Crippen LogP contribution in [0.5, 0.6) is 0 Å². The molecule has 1 N–H and O–H groups in total. The molecule has 0 spiro atoms. The fourth-order valence-electron chi connectivity index (χ4n) is 3.27. The van der Waals surface area contributed by atoms with Crippen LogP contribution in [0.3, 0.4) is 0 Å². The van der Waals surface area contributed by atoms with Gasteiger partial charge in [-0.15, -0.1) is 0 Å². The maximum absolute atomic E-state index is 13.1. The van der Waals surface area contributed by atoms with Gasteiger partial charge in [0.25, 0.3) is 0 Å². The zero-order valence-electron chi connectivity index (χ0n) is 18.2. The number of hydrogen-bond donors (Lipinski definition) is 1. The first-order valence-corrected chi connectivity index (χ1v) is 12.0. The van der Waals surface area contributed by atoms with E-state index < -0.39 is 6.04 Å². The molecule has 0 aliphatic heterocycles. The third-order valence-corrected chi connectivity index (χ3v) is 6.01. The summed E-state index contributed by atoms with van der Waals surface area (Å²) in [6.45, 7) is 5.19. The second kappa shape index (κ2) is 13.9. The predicted octanol–water partition coefficient (Wildman–Crippen LogP) is 5.03. The van der Waals surface area contributed by atoms with Gasteiger partial charge in [0, 0.05) is 31.0 Å². The lowest BCUT2D eigenvalue weighted by molar-refractivity contribution is -0.141. The molecule has 2 aromatic carbocycles. The van der Waals surface area contributed by atoms with Gasteiger partial charge in [-0.2, -0.15) is 11.8 Å². The Hall–Kier alpha value is -2.27. The van der Waals surface area contributed by atoms with Crippen LogP contribution in [0.25, 0.3) is 0 Å². The van der Waals surface area contributed by atoms with E-state index in [1.807, 2.05) is 55.5 Å². The summed E-state index contributed by atoms with van der Waals surface area (Å²) in [6, 6.07) is 19.8. The Morgan fingerprint density at radius 2 is 1.60 bits per heavy atom. The van der Waals surface area contributed by atoms with E-state index in [1.54, 1.807) is 16.7 Å². The Kier molecular flexibility index (Phi) is 11.1. The van der Waals surface area contributed by atoms with Gasteiger partial charge in [-0.05, 0) is 24.0 Å². The van der Waals surface area contributed by atoms with Gasteiger partial charge in [0.15, 0.2) is 0 Å². The highest BCUT2D eigenvalue weighted by Gasteiger charge is 2.28. The van der Waals surface area contributed by atoms with Crippen molar-refractivity contribution >= 4 is 23.6 Å². The number of amides is 2. The summed E-state index contributed by atoms with van der Waals surface area (Å²) in [5.74, 6) is 1.62. The average Bonchev–Trinajstić information content (AvgIpc) is 2.78. The maximum Gasteiger partial charge on any atom is 0.242 e. The number of nitrogens with one attached hydrogen (secondary N) is 1. The molecule has 0 radical (unpaired) electrons. The molecule has 0 aliphatic rings. The molecule has 2 rings (SSSR count). The van der Waals surface area contributed by atoms with Gasteiger partial charge >= 0.3 is 0 Å². The number of unbranched alkanes of at least 4 members (excludes halogenated alkanes) is 1. The monoisotopic (exact) mass is 426 g/mol. The van der Waals surface area contributed by atoms with Gasteiger partial charge in [0.2, 0.25) is 11.8 Å². The van der Waals surface area contributed by atoms with Crippen molar-refractivity contribution in [2.24, 2.45) is 0 Å². The minimum absolute atomic E-state index is 0.0388. The van der Waals surface area contributed by atoms with Gasteiger partial charge < -0.3 is 10.2 Å². The van der Waals surface area contributed by atoms with E-state index in [2.05, 4.69) is 24.4 Å². The normalized spacial score (nSPS) is 11.7. The van der Waals surface area contributed by atoms with Gasteiger partial charge in [0.1, 0.15) is 6.04 Å². The summed E-state index contributed by atoms with van der Waals surface area (Å²) in [5, 5.41) is 3.01. The molecule has 0 aromatic heterocycles. The molecule has 1 atom stereocenters. The third-order valence-electron chi connectivity index (χ3n) is 4.98. The molecule has 0 heterocycles. The Balaban J connectivity index is 1.99. The van der Waals surface area contributed by atoms with Crippen LogP contribution in [0.15, 0.2) is 60.7 Å². The van der Waals surface area contributed by atoms with Crippen LogP contribution in [0.2, 0.25) is 0 Å². The number of benzene rings is 2. The van der Waals surface area contributed by atoms with E-state index in [0.29, 0.717) is 25.9 Å². The number of carbonyl (C=O) groups excluding carboxylic acids is 2. The molecule has 0 aliphatic carbocycles. The zero-order chi connectivity index (χ0) is 21.6. The molecule has 0 saturated heterocycles. The first-order valence-electron chi connectivity index (χ1n) is 10.9. The second-order valence-electron chi connectivity index (χ2n) is 7.36. The standard InChI is InChI=1S/C25H34N2O2S/c1-3-5-17-26-25(29)23(4-2)27(19-21-12-8-6-9-13-21)24(28)16-18-30-20-22-14-10-7-11-15-22/h6-15,23H,3-5,16-20H2,1-2H3,(H,26,29). The molecular weight excluding hydrogens is 392 g/mol. The molecule has 0 fully saturated rings. The maximum atomic E-state index is 13.1. The lowest BCUT2D eigenvalue weighted by atomic mass is 10.1. The highest BCUT2D eigenvalue weighted by molar-refractivity contribution is 7.98. The zero-order valence-corrected chi connectivity index (χ0v) is 19.0. The molecule has 0 saturated carbocycles. The van der Waals surface area contributed by atoms with Crippen LogP contribution in [0.1, 0.15) is 50.7 Å². The highest BCUT2D eigenvalue weighted by atomic mass is 32.2. The highest BCUT2D eigenvalue weighted by Crippen LogP contribution is 2.17. The minimum Gasteiger partial charge on any atom is -0.354 e. The molecule has 30 heavy (non-hydrogen) atoms. The molecule has 5 heteroatoms. The second-order valence-corrected chi connectivity index (χ2v) is 8.47. The average molecular weight is 427 g/mol. The molecule has 2 aromatic rings. The summed E-state index contributed by atoms with van der Waals surface area (Å²) in [6.07, 6.45) is 3.02. The van der Waals surface area contributed by atoms with Gasteiger partial charge in [-0.1, -0.05) is 80.9 Å². The summed E-state index contributed by atoms with van der Waals surface area (Å²) in [4.78, 5) is 27.7. The van der Waals surface area contributed by atoms with E-state index in [4.69, 9.17) is 0 Å². The van der Waals surface area contributed by atoms with Crippen LogP contribution in [-0.2, 0) is 21.9 Å². The summed E-state index contributed by atoms with van der Waals surface area (Å²) >= 11 is 1.75. The molecule has 1 unspecified atom stereocenters. The number of carbonyl (C=O) groups is 2. The van der Waals surface area contributed by atoms with Gasteiger partial charge in [-0.3, -0.25) is 9.59 Å². The van der Waals surface area contributed by atoms with Crippen molar-refractivity contribution in [1.29, 1.82) is 0 Å². The summed E-state index contributed by atoms with van der Waals surface area (Å²) in [5.41, 5.74) is 2.31. The van der Waals surface area contributed by atoms with Crippen LogP contribution < -0.4 is 5.32 Å². The van der Waals surface area contributed by atoms with E-state index in [1.165, 1.54) is 5.56 Å². The van der Waals surface area contributed by atoms with Crippen LogP contribution >= 0.6 is 11.8 Å². The predicted molar refractivity (Wildman–Crippen MR) is 126 cm³/mol. The Bertz CT molecular complexity index is 752. The third kappa shape index (κ3) is 8.23. The van der Waals surface area contributed by atoms with Crippen molar-refractivity contribution in [3.05, 3.63) is 71.8 Å². The van der Waals surface area contributed by atoms with E-state index >= 15 is 0 Å². The fourth-order valence-corrected chi connectivity index (χ4v) is 4.16. The Labute approximate surface area is 185 Å². The van der Waals surface area contributed by atoms with E-state index in [-0.39, 0.29) is 11.8 Å². The number of thioether (sulfide) groups is 1. The van der Waals surface area contributed by atoms with E-state index in [0.717, 1.165) is 29.9 Å². The lowest BCUT2D eigenvalue weighted by Crippen LogP contribution is -2.49. The molecule has 2 amide bonds. The first-order chi connectivity index (χ1) is 14.7. The van der Waals surface area contributed by atoms with Crippen molar-refractivity contribution in [3.63, 3.8) is 0 Å². The lowest BCUT2D eigenvalue weighted by Gasteiger charge is -2.30. The van der Waals surface area contributed by atoms with Crippen molar-refractivity contribution in [3.8, 4) is 0 Å². The summed E-state index contributed by atoms with van der Waals surface area (Å²) < 4.78 is 0. The van der Waals surface area contributed by atoms with Crippen molar-refractivity contribution < 1.29 is 9.59 Å². The number of rotatable bonds is 13. The smallest absolute Gasteiger partial charge is 0.242 e. The quantitative estimate of drug-likeness (QED) is 0.457. The topological polar surface area (TPSA) is 49.4 Å². The van der Waals surface area contributed by atoms with Crippen molar-refractivity contribution in [2.75, 3.05) is 12.3 Å². The SMILES string of the molecule is CCCCNC(=O)C(CC)N(Cc1ccccc1)C(=O)CCSCc1ccccc1. The Morgan fingerprint density at radius 1 is 0.967 bits per heavy atom. The van der Waals surface area contributed by atoms with Crippen LogP contribution in [0.4, 0.5) is 0 Å². The largest absolute Gasteiger partial charge is 0.354 e. The van der Waals surface area contributed by atoms with Crippen molar-refractivity contribution in [2.45, 2.75) is 57.9 Å². The molecule has 4 nitrogen and oxygen atoms in total. The molecular formula is C25H34N2O2S. The van der Waals surface area contributed by atoms with Crippen LogP contribution in [-0.4, -0.2) is 35.1 Å². The van der Waals surface area contributed by atoms with Gasteiger partial charge in [-0.25, -0.2) is 0 Å². The molecule has 0 bridgehead atoms. The number of nitrogens with zero attached hydrogens (tertiary/aromatic N) is 1. The fraction of sp³-hybridized carbons (Fsp3) is 0.440. The van der Waals surface area contributed by atoms with Crippen LogP contribution in [0, 0.1) is 0 Å². The minimum atomic E-state index is -0.436. The Morgan fingerprint density at radius 3 is 2.20 bits per heavy atom. The van der Waals surface area contributed by atoms with E-state index in [9.17, 15) is 9.59 Å². The molecule has 162 valence electrons. The van der Waals surface area contributed by atoms with Gasteiger partial charge in [0.05, 0.1) is 0 Å². The summed E-state index contributed by atoms with van der Waals surface area (Å²) in [7, 11) is 0. The van der Waals surface area contributed by atoms with Crippen molar-refractivity contribution in [1.82, 2.24) is 10.2 Å².